The summed E-state index contributed by atoms with van der Waals surface area (Å²) < 4.78 is 4.69. The topological polar surface area (TPSA) is 26.0 Å². The van der Waals surface area contributed by atoms with Gasteiger partial charge in [0.15, 0.2) is 0 Å². The second-order valence-electron chi connectivity index (χ2n) is 9.36. The minimum Gasteiger partial charge on any atom is -0.340 e. The van der Waals surface area contributed by atoms with Gasteiger partial charge in [-0.1, -0.05) is 50.2 Å². The van der Waals surface area contributed by atoms with E-state index >= 15 is 0 Å². The van der Waals surface area contributed by atoms with Crippen LogP contribution < -0.4 is 0 Å². The first-order valence-corrected chi connectivity index (χ1v) is 10.9. The first-order valence-electron chi connectivity index (χ1n) is 10.9. The van der Waals surface area contributed by atoms with Crippen LogP contribution in [0.5, 0.6) is 0 Å². The molecule has 4 heteroatoms. The molecule has 2 heterocycles. The van der Waals surface area contributed by atoms with E-state index in [1.807, 2.05) is 0 Å². The molecule has 1 aliphatic carbocycles. The Morgan fingerprint density at radius 2 is 1.73 bits per heavy atom. The van der Waals surface area contributed by atoms with E-state index in [2.05, 4.69) is 103 Å². The molecular formula is C26H30N4. The lowest BCUT2D eigenvalue weighted by Crippen LogP contribution is -2.27. The van der Waals surface area contributed by atoms with Crippen LogP contribution in [0.2, 0.25) is 0 Å². The van der Waals surface area contributed by atoms with Gasteiger partial charge < -0.3 is 9.47 Å². The average molecular weight is 399 g/mol. The van der Waals surface area contributed by atoms with Crippen LogP contribution in [0.3, 0.4) is 0 Å². The largest absolute Gasteiger partial charge is 0.340 e. The molecule has 4 nitrogen and oxygen atoms in total. The fourth-order valence-corrected chi connectivity index (χ4v) is 5.09. The van der Waals surface area contributed by atoms with E-state index in [1.165, 1.54) is 33.4 Å². The molecule has 30 heavy (non-hydrogen) atoms. The normalized spacial score (nSPS) is 14.8. The summed E-state index contributed by atoms with van der Waals surface area (Å²) in [5.41, 5.74) is 7.96. The summed E-state index contributed by atoms with van der Waals surface area (Å²) in [6, 6.07) is 19.4. The van der Waals surface area contributed by atoms with E-state index in [1.54, 1.807) is 0 Å². The number of benzene rings is 2. The van der Waals surface area contributed by atoms with Crippen molar-refractivity contribution in [3.63, 3.8) is 0 Å². The summed E-state index contributed by atoms with van der Waals surface area (Å²) in [7, 11) is 4.29. The highest BCUT2D eigenvalue weighted by molar-refractivity contribution is 5.94. The Morgan fingerprint density at radius 3 is 2.50 bits per heavy atom. The third-order valence-corrected chi connectivity index (χ3v) is 6.37. The zero-order valence-electron chi connectivity index (χ0n) is 18.4. The highest BCUT2D eigenvalue weighted by Gasteiger charge is 2.38. The zero-order chi connectivity index (χ0) is 20.9. The van der Waals surface area contributed by atoms with Crippen LogP contribution in [-0.2, 0) is 18.4 Å². The van der Waals surface area contributed by atoms with Crippen molar-refractivity contribution in [1.29, 1.82) is 0 Å². The summed E-state index contributed by atoms with van der Waals surface area (Å²) in [5, 5.41) is 6.24. The molecule has 0 spiro atoms. The number of rotatable bonds is 5. The van der Waals surface area contributed by atoms with Gasteiger partial charge >= 0.3 is 0 Å². The minimum atomic E-state index is 0.0430. The Labute approximate surface area is 178 Å². The molecule has 0 N–H and O–H groups in total. The van der Waals surface area contributed by atoms with Gasteiger partial charge in [0.1, 0.15) is 0 Å². The Hall–Kier alpha value is -2.85. The molecule has 2 aromatic heterocycles. The van der Waals surface area contributed by atoms with Crippen molar-refractivity contribution in [2.75, 3.05) is 20.6 Å². The predicted molar refractivity (Wildman–Crippen MR) is 124 cm³/mol. The minimum absolute atomic E-state index is 0.0430. The molecule has 0 bridgehead atoms. The van der Waals surface area contributed by atoms with Crippen LogP contribution in [0, 0.1) is 0 Å². The van der Waals surface area contributed by atoms with Gasteiger partial charge in [-0.25, -0.2) is 4.68 Å². The van der Waals surface area contributed by atoms with E-state index in [-0.39, 0.29) is 5.41 Å². The summed E-state index contributed by atoms with van der Waals surface area (Å²) >= 11 is 0. The monoisotopic (exact) mass is 398 g/mol. The molecule has 0 saturated carbocycles. The second kappa shape index (κ2) is 7.13. The van der Waals surface area contributed by atoms with Crippen molar-refractivity contribution < 1.29 is 0 Å². The van der Waals surface area contributed by atoms with Crippen molar-refractivity contribution >= 4 is 10.9 Å². The van der Waals surface area contributed by atoms with Crippen molar-refractivity contribution in [2.45, 2.75) is 38.6 Å². The number of fused-ring (bicyclic) bond motifs is 5. The molecule has 2 aromatic carbocycles. The van der Waals surface area contributed by atoms with Gasteiger partial charge in [-0.3, -0.25) is 0 Å². The maximum absolute atomic E-state index is 4.85. The Kier molecular flexibility index (Phi) is 4.55. The number of nitrogens with zero attached hydrogens (tertiary/aromatic N) is 4. The summed E-state index contributed by atoms with van der Waals surface area (Å²) in [4.78, 5) is 2.26. The van der Waals surface area contributed by atoms with Crippen LogP contribution in [0.1, 0.15) is 31.5 Å². The Balaban J connectivity index is 1.74. The molecule has 0 amide bonds. The number of aromatic nitrogens is 3. The fourth-order valence-electron chi connectivity index (χ4n) is 5.09. The molecular weight excluding hydrogens is 368 g/mol. The van der Waals surface area contributed by atoms with Crippen molar-refractivity contribution in [2.24, 2.45) is 0 Å². The van der Waals surface area contributed by atoms with Crippen LogP contribution in [-0.4, -0.2) is 39.9 Å². The number of aryl methyl sites for hydroxylation is 1. The third-order valence-electron chi connectivity index (χ3n) is 6.37. The van der Waals surface area contributed by atoms with Gasteiger partial charge in [0.25, 0.3) is 0 Å². The Morgan fingerprint density at radius 1 is 1.00 bits per heavy atom. The lowest BCUT2D eigenvalue weighted by Gasteiger charge is -2.32. The molecule has 0 radical (unpaired) electrons. The van der Waals surface area contributed by atoms with Crippen LogP contribution >= 0.6 is 0 Å². The van der Waals surface area contributed by atoms with E-state index in [0.717, 1.165) is 31.6 Å². The smallest absolute Gasteiger partial charge is 0.0649 e. The molecule has 5 rings (SSSR count). The molecule has 0 atom stereocenters. The predicted octanol–water partition coefficient (Wildman–Crippen LogP) is 5.28. The Bertz CT molecular complexity index is 1190. The molecule has 0 unspecified atom stereocenters. The van der Waals surface area contributed by atoms with E-state index in [0.29, 0.717) is 0 Å². The van der Waals surface area contributed by atoms with Gasteiger partial charge in [0.2, 0.25) is 0 Å². The van der Waals surface area contributed by atoms with E-state index in [4.69, 9.17) is 5.10 Å². The first-order chi connectivity index (χ1) is 14.5. The van der Waals surface area contributed by atoms with Crippen LogP contribution in [0.15, 0.2) is 60.8 Å². The molecule has 0 fully saturated rings. The number of hydrogen-bond acceptors (Lipinski definition) is 2. The molecule has 0 aliphatic heterocycles. The van der Waals surface area contributed by atoms with Crippen LogP contribution in [0.4, 0.5) is 0 Å². The summed E-state index contributed by atoms with van der Waals surface area (Å²) in [6.07, 6.45) is 4.19. The highest BCUT2D eigenvalue weighted by Crippen LogP contribution is 2.48. The van der Waals surface area contributed by atoms with Gasteiger partial charge in [0.05, 0.1) is 23.3 Å². The molecule has 1 aliphatic rings. The molecule has 0 saturated heterocycles. The fraction of sp³-hybridized carbons (Fsp3) is 0.346. The SMILES string of the molecule is CN(C)CCCn1c2c(c3ccccc31)C(C)(C)Cc1c-2cnn1-c1ccccc1. The number of para-hydroxylation sites is 2. The van der Waals surface area contributed by atoms with Crippen molar-refractivity contribution in [3.05, 3.63) is 72.1 Å². The average Bonchev–Trinajstić information content (AvgIpc) is 3.28. The van der Waals surface area contributed by atoms with Gasteiger partial charge in [-0.15, -0.1) is 0 Å². The summed E-state index contributed by atoms with van der Waals surface area (Å²) in [6.45, 7) is 6.86. The summed E-state index contributed by atoms with van der Waals surface area (Å²) in [5.74, 6) is 0. The van der Waals surface area contributed by atoms with Gasteiger partial charge in [-0.05, 0) is 62.7 Å². The zero-order valence-corrected chi connectivity index (χ0v) is 18.4. The molecule has 154 valence electrons. The highest BCUT2D eigenvalue weighted by atomic mass is 15.3. The maximum atomic E-state index is 4.85. The van der Waals surface area contributed by atoms with E-state index in [9.17, 15) is 0 Å². The van der Waals surface area contributed by atoms with Crippen LogP contribution in [0.25, 0.3) is 27.8 Å². The lowest BCUT2D eigenvalue weighted by molar-refractivity contribution is 0.388. The van der Waals surface area contributed by atoms with E-state index < -0.39 is 0 Å². The standard InChI is InChI=1S/C26H30N4/c1-26(2)17-23-21(18-27-30(23)19-11-6-5-7-12-19)25-24(26)20-13-8-9-14-22(20)29(25)16-10-15-28(3)4/h5-9,11-14,18H,10,15-17H2,1-4H3. The lowest BCUT2D eigenvalue weighted by atomic mass is 9.73. The second-order valence-corrected chi connectivity index (χ2v) is 9.36. The molecule has 4 aromatic rings. The third kappa shape index (κ3) is 2.98. The van der Waals surface area contributed by atoms with Gasteiger partial charge in [0, 0.05) is 23.0 Å². The van der Waals surface area contributed by atoms with Gasteiger partial charge in [-0.2, -0.15) is 5.10 Å². The quantitative estimate of drug-likeness (QED) is 0.457. The van der Waals surface area contributed by atoms with Crippen molar-refractivity contribution in [3.8, 4) is 16.9 Å². The first kappa shape index (κ1) is 19.1. The van der Waals surface area contributed by atoms with Crippen molar-refractivity contribution in [1.82, 2.24) is 19.2 Å². The number of hydrogen-bond donors (Lipinski definition) is 0. The maximum Gasteiger partial charge on any atom is 0.0649 e.